The first-order valence-corrected chi connectivity index (χ1v) is 24.5. The second-order valence-corrected chi connectivity index (χ2v) is 20.5. The number of benzene rings is 10. The van der Waals surface area contributed by atoms with E-state index >= 15 is 0 Å². The van der Waals surface area contributed by atoms with Crippen LogP contribution >= 0.6 is 0 Å². The van der Waals surface area contributed by atoms with Crippen molar-refractivity contribution in [3.8, 4) is 44.5 Å². The maximum Gasteiger partial charge on any atom is 0.252 e. The monoisotopic (exact) mass is 880 g/mol. The molecule has 3 heteroatoms. The molecule has 10 aromatic rings. The van der Waals surface area contributed by atoms with Crippen molar-refractivity contribution >= 4 is 57.2 Å². The molecule has 0 atom stereocenters. The molecule has 0 amide bonds. The number of aryl methyl sites for hydroxylation is 1. The van der Waals surface area contributed by atoms with Crippen LogP contribution in [0.1, 0.15) is 54.2 Å². The number of anilines is 6. The third-order valence-corrected chi connectivity index (χ3v) is 15.6. The molecule has 0 unspecified atom stereocenters. The van der Waals surface area contributed by atoms with Gasteiger partial charge in [0.25, 0.3) is 6.71 Å². The van der Waals surface area contributed by atoms with Crippen molar-refractivity contribution in [3.05, 3.63) is 258 Å². The molecule has 2 nitrogen and oxygen atoms in total. The van der Waals surface area contributed by atoms with Crippen LogP contribution in [-0.4, -0.2) is 6.71 Å². The van der Waals surface area contributed by atoms with Gasteiger partial charge in [0.05, 0.1) is 5.41 Å². The minimum atomic E-state index is -0.395. The smallest absolute Gasteiger partial charge is 0.252 e. The molecule has 326 valence electrons. The van der Waals surface area contributed by atoms with Crippen LogP contribution in [0.2, 0.25) is 0 Å². The van der Waals surface area contributed by atoms with E-state index in [9.17, 15) is 0 Å². The summed E-state index contributed by atoms with van der Waals surface area (Å²) in [5.74, 6) is 0. The van der Waals surface area contributed by atoms with E-state index in [1.54, 1.807) is 0 Å². The van der Waals surface area contributed by atoms with Crippen LogP contribution in [0.4, 0.5) is 34.1 Å². The average Bonchev–Trinajstić information content (AvgIpc) is 3.85. The molecule has 0 bridgehead atoms. The zero-order chi connectivity index (χ0) is 46.2. The Morgan fingerprint density at radius 2 is 0.855 bits per heavy atom. The van der Waals surface area contributed by atoms with Crippen molar-refractivity contribution in [2.45, 2.75) is 38.5 Å². The molecule has 0 saturated carbocycles. The molecule has 0 N–H and O–H groups in total. The van der Waals surface area contributed by atoms with Gasteiger partial charge in [-0.2, -0.15) is 0 Å². The minimum absolute atomic E-state index is 0.0270. The summed E-state index contributed by atoms with van der Waals surface area (Å²) in [5.41, 5.74) is 28.8. The lowest BCUT2D eigenvalue weighted by Crippen LogP contribution is -2.61. The number of rotatable bonds is 4. The predicted octanol–water partition coefficient (Wildman–Crippen LogP) is 15.1. The molecular weight excluding hydrogens is 832 g/mol. The second-order valence-electron chi connectivity index (χ2n) is 20.5. The Labute approximate surface area is 405 Å². The highest BCUT2D eigenvalue weighted by Crippen LogP contribution is 2.63. The van der Waals surface area contributed by atoms with E-state index in [1.165, 1.54) is 117 Å². The van der Waals surface area contributed by atoms with Crippen LogP contribution in [0, 0.1) is 6.92 Å². The third-order valence-electron chi connectivity index (χ3n) is 15.6. The number of nitrogens with zero attached hydrogens (tertiary/aromatic N) is 2. The summed E-state index contributed by atoms with van der Waals surface area (Å²) in [5, 5.41) is 0. The van der Waals surface area contributed by atoms with Gasteiger partial charge in [-0.15, -0.1) is 0 Å². The van der Waals surface area contributed by atoms with Gasteiger partial charge in [-0.05, 0) is 161 Å². The molecular formula is C66H49BN2. The number of para-hydroxylation sites is 1. The Balaban J connectivity index is 1.02. The third kappa shape index (κ3) is 5.68. The number of fused-ring (bicyclic) bond motifs is 14. The molecule has 69 heavy (non-hydrogen) atoms. The molecule has 10 aromatic carbocycles. The van der Waals surface area contributed by atoms with Crippen molar-refractivity contribution in [3.63, 3.8) is 0 Å². The highest BCUT2D eigenvalue weighted by molar-refractivity contribution is 7.00. The largest absolute Gasteiger partial charge is 0.311 e. The van der Waals surface area contributed by atoms with Crippen LogP contribution in [0.3, 0.4) is 0 Å². The number of hydrogen-bond donors (Lipinski definition) is 0. The summed E-state index contributed by atoms with van der Waals surface area (Å²) in [6, 6.07) is 84.9. The van der Waals surface area contributed by atoms with E-state index in [0.717, 1.165) is 11.4 Å². The molecule has 1 spiro atoms. The van der Waals surface area contributed by atoms with E-state index in [2.05, 4.69) is 262 Å². The first kappa shape index (κ1) is 40.0. The minimum Gasteiger partial charge on any atom is -0.311 e. The van der Waals surface area contributed by atoms with E-state index in [1.807, 2.05) is 0 Å². The first-order chi connectivity index (χ1) is 33.8. The van der Waals surface area contributed by atoms with E-state index in [4.69, 9.17) is 0 Å². The van der Waals surface area contributed by atoms with Crippen molar-refractivity contribution in [2.24, 2.45) is 0 Å². The Hall–Kier alpha value is -8.14. The lowest BCUT2D eigenvalue weighted by atomic mass is 9.33. The SMILES string of the molecule is Cc1cc2c3c(c1)N(c1cc(-c4ccccc4)cc(-c4ccccc4)c1)c1cc(C(C)(C)C)ccc1B3c1ccccc1N2c1ccc2c(c1)-c1ccccc1C21c2ccccc2-c2ccccc21. The molecule has 2 heterocycles. The molecule has 2 aliphatic heterocycles. The molecule has 14 rings (SSSR count). The summed E-state index contributed by atoms with van der Waals surface area (Å²) in [4.78, 5) is 5.17. The zero-order valence-electron chi connectivity index (χ0n) is 39.3. The van der Waals surface area contributed by atoms with Crippen molar-refractivity contribution in [1.82, 2.24) is 0 Å². The molecule has 0 radical (unpaired) electrons. The predicted molar refractivity (Wildman–Crippen MR) is 291 cm³/mol. The van der Waals surface area contributed by atoms with E-state index in [-0.39, 0.29) is 12.1 Å². The van der Waals surface area contributed by atoms with Gasteiger partial charge >= 0.3 is 0 Å². The topological polar surface area (TPSA) is 6.48 Å². The Bertz CT molecular complexity index is 3650. The van der Waals surface area contributed by atoms with Crippen molar-refractivity contribution in [2.75, 3.05) is 9.80 Å². The molecule has 2 aliphatic carbocycles. The van der Waals surface area contributed by atoms with Gasteiger partial charge in [0, 0.05) is 34.1 Å². The molecule has 4 aliphatic rings. The number of hydrogen-bond acceptors (Lipinski definition) is 2. The molecule has 0 fully saturated rings. The second kappa shape index (κ2) is 14.7. The standard InChI is InChI=1S/C66H49BN2/c1-42-35-62-64-63(36-42)69(49-38-45(43-19-7-5-8-20-43)37-46(39-49)44-21-9-6-10-22-44)61-40-47(65(2,3)4)31-34-59(61)67(64)58-29-17-18-30-60(58)68(62)48-32-33-57-53(41-48)52-25-13-16-28-56(52)66(57)54-26-14-11-23-50(54)51-24-12-15-27-55(51)66/h5-41H,1-4H3. The van der Waals surface area contributed by atoms with Gasteiger partial charge in [0.1, 0.15) is 0 Å². The fraction of sp³-hybridized carbons (Fsp3) is 0.0909. The van der Waals surface area contributed by atoms with Crippen LogP contribution in [0.25, 0.3) is 44.5 Å². The van der Waals surface area contributed by atoms with Gasteiger partial charge in [-0.25, -0.2) is 0 Å². The first-order valence-electron chi connectivity index (χ1n) is 24.5. The quantitative estimate of drug-likeness (QED) is 0.163. The normalized spacial score (nSPS) is 14.1. The lowest BCUT2D eigenvalue weighted by molar-refractivity contribution is 0.590. The summed E-state index contributed by atoms with van der Waals surface area (Å²) in [7, 11) is 0. The molecule has 0 saturated heterocycles. The highest BCUT2D eigenvalue weighted by atomic mass is 15.2. The van der Waals surface area contributed by atoms with E-state index < -0.39 is 5.41 Å². The summed E-state index contributed by atoms with van der Waals surface area (Å²) in [6.07, 6.45) is 0. The van der Waals surface area contributed by atoms with Gasteiger partial charge in [0.2, 0.25) is 0 Å². The van der Waals surface area contributed by atoms with Crippen LogP contribution < -0.4 is 26.2 Å². The van der Waals surface area contributed by atoms with Crippen LogP contribution in [-0.2, 0) is 10.8 Å². The Kier molecular flexibility index (Phi) is 8.51. The average molecular weight is 881 g/mol. The maximum atomic E-state index is 2.59. The summed E-state index contributed by atoms with van der Waals surface area (Å²) < 4.78 is 0. The zero-order valence-corrected chi connectivity index (χ0v) is 39.3. The summed E-state index contributed by atoms with van der Waals surface area (Å²) >= 11 is 0. The van der Waals surface area contributed by atoms with Gasteiger partial charge in [-0.3, -0.25) is 0 Å². The van der Waals surface area contributed by atoms with E-state index in [0.29, 0.717) is 0 Å². The van der Waals surface area contributed by atoms with Crippen LogP contribution in [0.5, 0.6) is 0 Å². The van der Waals surface area contributed by atoms with Crippen LogP contribution in [0.15, 0.2) is 224 Å². The van der Waals surface area contributed by atoms with Gasteiger partial charge in [-0.1, -0.05) is 191 Å². The highest BCUT2D eigenvalue weighted by Gasteiger charge is 2.52. The maximum absolute atomic E-state index is 2.59. The van der Waals surface area contributed by atoms with Crippen molar-refractivity contribution in [1.29, 1.82) is 0 Å². The summed E-state index contributed by atoms with van der Waals surface area (Å²) in [6.45, 7) is 9.29. The Morgan fingerprint density at radius 1 is 0.362 bits per heavy atom. The van der Waals surface area contributed by atoms with Crippen molar-refractivity contribution < 1.29 is 0 Å². The Morgan fingerprint density at radius 3 is 1.45 bits per heavy atom. The van der Waals surface area contributed by atoms with Gasteiger partial charge < -0.3 is 9.80 Å². The molecule has 0 aromatic heterocycles. The van der Waals surface area contributed by atoms with Gasteiger partial charge in [0.15, 0.2) is 0 Å². The lowest BCUT2D eigenvalue weighted by Gasteiger charge is -2.45. The fourth-order valence-corrected chi connectivity index (χ4v) is 12.7. The fourth-order valence-electron chi connectivity index (χ4n) is 12.7.